The van der Waals surface area contributed by atoms with Crippen molar-refractivity contribution in [1.82, 2.24) is 5.32 Å². The van der Waals surface area contributed by atoms with Gasteiger partial charge in [-0.15, -0.1) is 0 Å². The molecule has 0 radical (unpaired) electrons. The van der Waals surface area contributed by atoms with Crippen molar-refractivity contribution in [2.75, 3.05) is 40.9 Å². The smallest absolute Gasteiger partial charge is 0.387 e. The number of amides is 1. The number of aliphatic hydroxyl groups excluding tert-OH is 1. The number of carbonyl (C=O) groups is 1. The van der Waals surface area contributed by atoms with E-state index in [0.717, 1.165) is 64.2 Å². The van der Waals surface area contributed by atoms with E-state index in [4.69, 9.17) is 9.05 Å². The van der Waals surface area contributed by atoms with Crippen molar-refractivity contribution in [1.29, 1.82) is 0 Å². The zero-order valence-electron chi connectivity index (χ0n) is 51.0. The standard InChI is InChI=1S/C67H127N2O6P/c1-6-8-10-12-14-16-18-20-22-24-26-28-30-32-33-34-35-37-38-40-42-44-46-48-50-52-54-56-58-60-66(70)65(64-75-76(72,73)74-63-62-69(3,4)5)68-67(71)61-59-57-55-53-51-49-47-45-43-41-39-36-31-29-27-25-23-21-19-17-15-13-11-9-7-2/h9,11,15,17,21,23,27,29,58,60,65-66,70H,6-8,10,12-14,16,18-20,22,24-26,28,30-57,59,61-64H2,1-5H3,(H-,68,71,72,73)/p+1/b11-9-,17-15-,23-21-,29-27-,60-58+. The van der Waals surface area contributed by atoms with Crippen LogP contribution in [-0.2, 0) is 18.4 Å². The molecule has 0 bridgehead atoms. The molecule has 0 saturated carbocycles. The molecular weight excluding hydrogens is 960 g/mol. The Balaban J connectivity index is 4.12. The fourth-order valence-electron chi connectivity index (χ4n) is 9.68. The monoisotopic (exact) mass is 1090 g/mol. The molecule has 0 spiro atoms. The number of nitrogens with one attached hydrogen (secondary N) is 1. The summed E-state index contributed by atoms with van der Waals surface area (Å²) in [5, 5.41) is 14.0. The van der Waals surface area contributed by atoms with Crippen LogP contribution in [0.2, 0.25) is 0 Å². The minimum atomic E-state index is -4.35. The molecule has 0 saturated heterocycles. The molecule has 76 heavy (non-hydrogen) atoms. The van der Waals surface area contributed by atoms with Gasteiger partial charge in [0.2, 0.25) is 5.91 Å². The fourth-order valence-corrected chi connectivity index (χ4v) is 10.4. The molecule has 0 aliphatic carbocycles. The van der Waals surface area contributed by atoms with Crippen molar-refractivity contribution in [3.8, 4) is 0 Å². The minimum absolute atomic E-state index is 0.0601. The minimum Gasteiger partial charge on any atom is -0.387 e. The van der Waals surface area contributed by atoms with E-state index in [0.29, 0.717) is 17.4 Å². The number of phosphoric acid groups is 1. The average molecular weight is 1090 g/mol. The number of nitrogens with zero attached hydrogens (tertiary/aromatic N) is 1. The Morgan fingerprint density at radius 1 is 0.461 bits per heavy atom. The first-order valence-corrected chi connectivity index (χ1v) is 34.2. The summed E-state index contributed by atoms with van der Waals surface area (Å²) in [6.45, 7) is 4.74. The lowest BCUT2D eigenvalue weighted by molar-refractivity contribution is -0.870. The van der Waals surface area contributed by atoms with Gasteiger partial charge in [-0.3, -0.25) is 13.8 Å². The van der Waals surface area contributed by atoms with Crippen LogP contribution in [0, 0.1) is 0 Å². The third kappa shape index (κ3) is 59.9. The highest BCUT2D eigenvalue weighted by atomic mass is 31.2. The van der Waals surface area contributed by atoms with Gasteiger partial charge < -0.3 is 19.8 Å². The number of rotatable bonds is 60. The number of quaternary nitrogens is 1. The lowest BCUT2D eigenvalue weighted by atomic mass is 10.0. The number of unbranched alkanes of at least 4 members (excludes halogenated alkanes) is 39. The summed E-state index contributed by atoms with van der Waals surface area (Å²) < 4.78 is 23.8. The van der Waals surface area contributed by atoms with Gasteiger partial charge in [0, 0.05) is 6.42 Å². The first-order chi connectivity index (χ1) is 37.0. The predicted molar refractivity (Wildman–Crippen MR) is 332 cm³/mol. The highest BCUT2D eigenvalue weighted by Crippen LogP contribution is 2.43. The van der Waals surface area contributed by atoms with Gasteiger partial charge in [-0.05, 0) is 57.8 Å². The van der Waals surface area contributed by atoms with Crippen molar-refractivity contribution in [2.45, 2.75) is 321 Å². The van der Waals surface area contributed by atoms with Gasteiger partial charge in [-0.1, -0.05) is 306 Å². The molecule has 3 atom stereocenters. The molecule has 8 nitrogen and oxygen atoms in total. The summed E-state index contributed by atoms with van der Waals surface area (Å²) in [4.78, 5) is 23.4. The van der Waals surface area contributed by atoms with Gasteiger partial charge in [0.15, 0.2) is 0 Å². The summed E-state index contributed by atoms with van der Waals surface area (Å²) in [6, 6.07) is -0.851. The van der Waals surface area contributed by atoms with Crippen molar-refractivity contribution >= 4 is 13.7 Å². The summed E-state index contributed by atoms with van der Waals surface area (Å²) in [6.07, 6.45) is 79.2. The van der Waals surface area contributed by atoms with Crippen LogP contribution in [0.3, 0.4) is 0 Å². The maximum atomic E-state index is 13.0. The Morgan fingerprint density at radius 2 is 0.789 bits per heavy atom. The molecule has 0 aliphatic rings. The van der Waals surface area contributed by atoms with Crippen LogP contribution >= 0.6 is 7.82 Å². The van der Waals surface area contributed by atoms with Gasteiger partial charge in [0.25, 0.3) is 0 Å². The van der Waals surface area contributed by atoms with E-state index in [1.807, 2.05) is 27.2 Å². The van der Waals surface area contributed by atoms with E-state index in [1.54, 1.807) is 6.08 Å². The van der Waals surface area contributed by atoms with Crippen molar-refractivity contribution in [2.24, 2.45) is 0 Å². The van der Waals surface area contributed by atoms with Crippen molar-refractivity contribution in [3.63, 3.8) is 0 Å². The Labute approximate surface area is 472 Å². The molecule has 3 unspecified atom stereocenters. The topological polar surface area (TPSA) is 105 Å². The molecule has 0 aromatic heterocycles. The van der Waals surface area contributed by atoms with Crippen LogP contribution in [0.25, 0.3) is 0 Å². The number of hydrogen-bond acceptors (Lipinski definition) is 5. The van der Waals surface area contributed by atoms with E-state index >= 15 is 0 Å². The molecule has 0 aromatic carbocycles. The maximum Gasteiger partial charge on any atom is 0.472 e. The van der Waals surface area contributed by atoms with Crippen LogP contribution in [0.15, 0.2) is 60.8 Å². The van der Waals surface area contributed by atoms with Crippen LogP contribution in [0.1, 0.15) is 309 Å². The van der Waals surface area contributed by atoms with E-state index < -0.39 is 20.0 Å². The summed E-state index contributed by atoms with van der Waals surface area (Å²) in [5.74, 6) is -0.177. The summed E-state index contributed by atoms with van der Waals surface area (Å²) >= 11 is 0. The second kappa shape index (κ2) is 57.9. The molecule has 0 heterocycles. The Bertz CT molecular complexity index is 1420. The van der Waals surface area contributed by atoms with E-state index in [1.165, 1.54) is 225 Å². The molecule has 1 amide bonds. The number of carbonyl (C=O) groups excluding carboxylic acids is 1. The van der Waals surface area contributed by atoms with Gasteiger partial charge in [0.05, 0.1) is 39.9 Å². The lowest BCUT2D eigenvalue weighted by Gasteiger charge is -2.25. The number of likely N-dealkylation sites (N-methyl/N-ethyl adjacent to an activating group) is 1. The molecule has 0 rings (SSSR count). The molecular formula is C67H128N2O6P+. The molecule has 446 valence electrons. The zero-order chi connectivity index (χ0) is 55.6. The molecule has 0 aliphatic heterocycles. The van der Waals surface area contributed by atoms with Crippen LogP contribution < -0.4 is 5.32 Å². The van der Waals surface area contributed by atoms with Gasteiger partial charge in [0.1, 0.15) is 13.2 Å². The van der Waals surface area contributed by atoms with E-state index in [2.05, 4.69) is 67.8 Å². The van der Waals surface area contributed by atoms with Crippen molar-refractivity contribution < 1.29 is 32.9 Å². The Morgan fingerprint density at radius 3 is 1.16 bits per heavy atom. The Kier molecular flexibility index (Phi) is 56.5. The first kappa shape index (κ1) is 74.2. The average Bonchev–Trinajstić information content (AvgIpc) is 3.38. The number of phosphoric ester groups is 1. The van der Waals surface area contributed by atoms with Gasteiger partial charge in [-0.2, -0.15) is 0 Å². The SMILES string of the molecule is CC/C=C\C/C=C\C/C=C\C/C=C\CCCCCCCCCCCCCCC(=O)NC(COP(=O)(O)OCC[N+](C)(C)C)C(O)/C=C/CCCCCCCCCCCCCCCCCCCCCCCCCCCCC. The zero-order valence-corrected chi connectivity index (χ0v) is 51.9. The predicted octanol–water partition coefficient (Wildman–Crippen LogP) is 20.4. The second-order valence-electron chi connectivity index (χ2n) is 23.5. The number of aliphatic hydroxyl groups is 1. The molecule has 0 fully saturated rings. The van der Waals surface area contributed by atoms with Crippen LogP contribution in [0.5, 0.6) is 0 Å². The quantitative estimate of drug-likeness (QED) is 0.0243. The van der Waals surface area contributed by atoms with Crippen LogP contribution in [0.4, 0.5) is 0 Å². The van der Waals surface area contributed by atoms with Gasteiger partial charge in [-0.25, -0.2) is 4.57 Å². The van der Waals surface area contributed by atoms with Crippen LogP contribution in [-0.4, -0.2) is 73.4 Å². The number of allylic oxidation sites excluding steroid dienone is 9. The highest BCUT2D eigenvalue weighted by Gasteiger charge is 2.28. The lowest BCUT2D eigenvalue weighted by Crippen LogP contribution is -2.45. The molecule has 0 aromatic rings. The third-order valence-corrected chi connectivity index (χ3v) is 15.7. The molecule has 9 heteroatoms. The van der Waals surface area contributed by atoms with Crippen molar-refractivity contribution in [3.05, 3.63) is 60.8 Å². The van der Waals surface area contributed by atoms with Gasteiger partial charge >= 0.3 is 7.82 Å². The summed E-state index contributed by atoms with van der Waals surface area (Å²) in [7, 11) is 1.58. The Hall–Kier alpha value is -1.80. The maximum absolute atomic E-state index is 13.0. The first-order valence-electron chi connectivity index (χ1n) is 32.7. The summed E-state index contributed by atoms with van der Waals surface area (Å²) in [5.41, 5.74) is 0. The fraction of sp³-hybridized carbons (Fsp3) is 0.836. The molecule has 3 N–H and O–H groups in total. The normalized spacial score (nSPS) is 14.1. The van der Waals surface area contributed by atoms with E-state index in [-0.39, 0.29) is 19.1 Å². The highest BCUT2D eigenvalue weighted by molar-refractivity contribution is 7.47. The largest absolute Gasteiger partial charge is 0.472 e. The third-order valence-electron chi connectivity index (χ3n) is 14.7. The number of hydrogen-bond donors (Lipinski definition) is 3. The second-order valence-corrected chi connectivity index (χ2v) is 24.9. The van der Waals surface area contributed by atoms with E-state index in [9.17, 15) is 19.4 Å².